The lowest BCUT2D eigenvalue weighted by atomic mass is 10.1. The predicted octanol–water partition coefficient (Wildman–Crippen LogP) is 0.202. The highest BCUT2D eigenvalue weighted by molar-refractivity contribution is 5.73. The molecule has 2 N–H and O–H groups in total. The summed E-state index contributed by atoms with van der Waals surface area (Å²) in [7, 11) is 3.98. The van der Waals surface area contributed by atoms with Crippen molar-refractivity contribution in [2.24, 2.45) is 5.73 Å². The smallest absolute Gasteiger partial charge is 0.217 e. The first-order valence-electron chi connectivity index (χ1n) is 3.48. The molecule has 0 radical (unpaired) electrons. The average molecular weight is 144 g/mol. The van der Waals surface area contributed by atoms with Crippen molar-refractivity contribution in [1.82, 2.24) is 4.90 Å². The molecule has 0 rings (SSSR count). The van der Waals surface area contributed by atoms with E-state index in [9.17, 15) is 4.79 Å². The lowest BCUT2D eigenvalue weighted by Crippen LogP contribution is -2.26. The topological polar surface area (TPSA) is 46.3 Å². The highest BCUT2D eigenvalue weighted by Crippen LogP contribution is 2.00. The zero-order valence-corrected chi connectivity index (χ0v) is 6.92. The summed E-state index contributed by atoms with van der Waals surface area (Å²) in [6, 6.07) is 0.437. The monoisotopic (exact) mass is 144 g/mol. The second-order valence-corrected chi connectivity index (χ2v) is 2.82. The second kappa shape index (κ2) is 4.28. The molecule has 3 heteroatoms. The summed E-state index contributed by atoms with van der Waals surface area (Å²) in [6.45, 7) is 2.07. The van der Waals surface area contributed by atoms with Crippen LogP contribution in [0, 0.1) is 0 Å². The van der Waals surface area contributed by atoms with Gasteiger partial charge in [-0.25, -0.2) is 0 Å². The normalized spacial score (nSPS) is 13.6. The van der Waals surface area contributed by atoms with Crippen LogP contribution in [0.2, 0.25) is 0 Å². The molecule has 3 nitrogen and oxygen atoms in total. The molecule has 0 aliphatic heterocycles. The third kappa shape index (κ3) is 4.32. The van der Waals surface area contributed by atoms with E-state index in [1.165, 1.54) is 0 Å². The molecule has 10 heavy (non-hydrogen) atoms. The van der Waals surface area contributed by atoms with E-state index in [1.807, 2.05) is 14.1 Å². The predicted molar refractivity (Wildman–Crippen MR) is 41.6 cm³/mol. The molecule has 1 unspecified atom stereocenters. The molecule has 0 aromatic rings. The van der Waals surface area contributed by atoms with E-state index in [4.69, 9.17) is 5.73 Å². The van der Waals surface area contributed by atoms with E-state index in [2.05, 4.69) is 11.8 Å². The van der Waals surface area contributed by atoms with Crippen molar-refractivity contribution in [2.45, 2.75) is 25.8 Å². The van der Waals surface area contributed by atoms with Crippen LogP contribution in [0.25, 0.3) is 0 Å². The van der Waals surface area contributed by atoms with Gasteiger partial charge in [0.1, 0.15) is 0 Å². The zero-order chi connectivity index (χ0) is 8.15. The van der Waals surface area contributed by atoms with Gasteiger partial charge in [-0.05, 0) is 27.4 Å². The van der Waals surface area contributed by atoms with E-state index in [1.54, 1.807) is 0 Å². The largest absolute Gasteiger partial charge is 0.370 e. The van der Waals surface area contributed by atoms with Crippen LogP contribution in [0.4, 0.5) is 0 Å². The summed E-state index contributed by atoms with van der Waals surface area (Å²) in [5.74, 6) is -0.214. The maximum Gasteiger partial charge on any atom is 0.217 e. The standard InChI is InChI=1S/C7H16N2O/c1-6(9(2)3)4-5-7(8)10/h6H,4-5H2,1-3H3,(H2,8,10). The fraction of sp³-hybridized carbons (Fsp3) is 0.857. The van der Waals surface area contributed by atoms with E-state index in [0.717, 1.165) is 6.42 Å². The summed E-state index contributed by atoms with van der Waals surface area (Å²) in [5, 5.41) is 0. The molecule has 0 bridgehead atoms. The van der Waals surface area contributed by atoms with Crippen molar-refractivity contribution < 1.29 is 4.79 Å². The first-order chi connectivity index (χ1) is 4.54. The molecule has 1 atom stereocenters. The molecule has 0 aliphatic rings. The molecular formula is C7H16N2O. The van der Waals surface area contributed by atoms with Gasteiger partial charge in [0, 0.05) is 12.5 Å². The third-order valence-electron chi connectivity index (χ3n) is 1.69. The molecule has 0 aromatic heterocycles. The molecule has 0 saturated heterocycles. The van der Waals surface area contributed by atoms with Crippen molar-refractivity contribution in [2.75, 3.05) is 14.1 Å². The fourth-order valence-corrected chi connectivity index (χ4v) is 0.609. The Morgan fingerprint density at radius 2 is 2.10 bits per heavy atom. The highest BCUT2D eigenvalue weighted by Gasteiger charge is 2.04. The Balaban J connectivity index is 3.39. The van der Waals surface area contributed by atoms with Crippen LogP contribution in [0.15, 0.2) is 0 Å². The Bertz CT molecular complexity index is 112. The molecule has 0 heterocycles. The average Bonchev–Trinajstić information content (AvgIpc) is 1.82. The molecule has 0 fully saturated rings. The number of hydrogen-bond donors (Lipinski definition) is 1. The lowest BCUT2D eigenvalue weighted by molar-refractivity contribution is -0.118. The summed E-state index contributed by atoms with van der Waals surface area (Å²) < 4.78 is 0. The highest BCUT2D eigenvalue weighted by atomic mass is 16.1. The van der Waals surface area contributed by atoms with Gasteiger partial charge in [-0.15, -0.1) is 0 Å². The minimum atomic E-state index is -0.214. The summed E-state index contributed by atoms with van der Waals surface area (Å²) in [6.07, 6.45) is 1.34. The number of nitrogens with two attached hydrogens (primary N) is 1. The van der Waals surface area contributed by atoms with Crippen LogP contribution in [0.3, 0.4) is 0 Å². The minimum Gasteiger partial charge on any atom is -0.370 e. The molecule has 0 saturated carbocycles. The van der Waals surface area contributed by atoms with Gasteiger partial charge in [-0.3, -0.25) is 4.79 Å². The van der Waals surface area contributed by atoms with E-state index in [0.29, 0.717) is 12.5 Å². The molecule has 1 amide bonds. The molecule has 0 aliphatic carbocycles. The lowest BCUT2D eigenvalue weighted by Gasteiger charge is -2.18. The van der Waals surface area contributed by atoms with Crippen molar-refractivity contribution in [3.8, 4) is 0 Å². The Morgan fingerprint density at radius 1 is 1.60 bits per heavy atom. The van der Waals surface area contributed by atoms with E-state index in [-0.39, 0.29) is 5.91 Å². The van der Waals surface area contributed by atoms with Crippen LogP contribution in [0.5, 0.6) is 0 Å². The zero-order valence-electron chi connectivity index (χ0n) is 6.92. The molecule has 60 valence electrons. The van der Waals surface area contributed by atoms with Gasteiger partial charge in [-0.2, -0.15) is 0 Å². The van der Waals surface area contributed by atoms with Crippen molar-refractivity contribution in [3.05, 3.63) is 0 Å². The molecule has 0 aromatic carbocycles. The van der Waals surface area contributed by atoms with Crippen molar-refractivity contribution in [1.29, 1.82) is 0 Å². The Morgan fingerprint density at radius 3 is 2.40 bits per heavy atom. The van der Waals surface area contributed by atoms with Crippen LogP contribution in [-0.2, 0) is 4.79 Å². The first kappa shape index (κ1) is 9.43. The summed E-state index contributed by atoms with van der Waals surface area (Å²) >= 11 is 0. The van der Waals surface area contributed by atoms with Crippen LogP contribution in [0.1, 0.15) is 19.8 Å². The molecular weight excluding hydrogens is 128 g/mol. The van der Waals surface area contributed by atoms with Crippen LogP contribution >= 0.6 is 0 Å². The Kier molecular flexibility index (Phi) is 4.03. The maximum absolute atomic E-state index is 10.3. The van der Waals surface area contributed by atoms with Gasteiger partial charge in [-0.1, -0.05) is 0 Å². The third-order valence-corrected chi connectivity index (χ3v) is 1.69. The van der Waals surface area contributed by atoms with Gasteiger partial charge in [0.15, 0.2) is 0 Å². The van der Waals surface area contributed by atoms with E-state index < -0.39 is 0 Å². The SMILES string of the molecule is CC(CCC(N)=O)N(C)C. The van der Waals surface area contributed by atoms with Gasteiger partial charge in [0.2, 0.25) is 5.91 Å². The quantitative estimate of drug-likeness (QED) is 0.612. The second-order valence-electron chi connectivity index (χ2n) is 2.82. The van der Waals surface area contributed by atoms with Crippen LogP contribution < -0.4 is 5.73 Å². The number of primary amides is 1. The fourth-order valence-electron chi connectivity index (χ4n) is 0.609. The van der Waals surface area contributed by atoms with Gasteiger partial charge >= 0.3 is 0 Å². The van der Waals surface area contributed by atoms with Gasteiger partial charge < -0.3 is 10.6 Å². The Hall–Kier alpha value is -0.570. The summed E-state index contributed by atoms with van der Waals surface area (Å²) in [5.41, 5.74) is 4.98. The maximum atomic E-state index is 10.3. The number of amides is 1. The first-order valence-corrected chi connectivity index (χ1v) is 3.48. The van der Waals surface area contributed by atoms with Crippen molar-refractivity contribution in [3.63, 3.8) is 0 Å². The minimum absolute atomic E-state index is 0.214. The number of carbonyl (C=O) groups is 1. The van der Waals surface area contributed by atoms with Gasteiger partial charge in [0.25, 0.3) is 0 Å². The number of carbonyl (C=O) groups excluding carboxylic acids is 1. The van der Waals surface area contributed by atoms with Crippen LogP contribution in [-0.4, -0.2) is 30.9 Å². The Labute approximate surface area is 62.2 Å². The number of rotatable bonds is 4. The van der Waals surface area contributed by atoms with Crippen molar-refractivity contribution >= 4 is 5.91 Å². The molecule has 0 spiro atoms. The summed E-state index contributed by atoms with van der Waals surface area (Å²) in [4.78, 5) is 12.4. The van der Waals surface area contributed by atoms with Gasteiger partial charge in [0.05, 0.1) is 0 Å². The van der Waals surface area contributed by atoms with E-state index >= 15 is 0 Å². The number of nitrogens with zero attached hydrogens (tertiary/aromatic N) is 1. The number of hydrogen-bond acceptors (Lipinski definition) is 2.